The molecule has 3 heteroatoms. The van der Waals surface area contributed by atoms with Crippen molar-refractivity contribution in [3.63, 3.8) is 0 Å². The Bertz CT molecular complexity index is 365. The van der Waals surface area contributed by atoms with Gasteiger partial charge in [0.05, 0.1) is 7.11 Å². The fourth-order valence-corrected chi connectivity index (χ4v) is 1.04. The predicted octanol–water partition coefficient (Wildman–Crippen LogP) is 2.81. The van der Waals surface area contributed by atoms with Gasteiger partial charge in [-0.05, 0) is 18.2 Å². The Morgan fingerprint density at radius 3 is 2.93 bits per heavy atom. The number of hydrogen-bond acceptors (Lipinski definition) is 1. The third-order valence-electron chi connectivity index (χ3n) is 1.60. The van der Waals surface area contributed by atoms with Gasteiger partial charge in [-0.1, -0.05) is 11.8 Å². The number of ether oxygens (including phenoxy) is 1. The first kappa shape index (κ1) is 10.9. The number of hydrogen-bond donors (Lipinski definition) is 0. The molecule has 0 aromatic heterocycles. The summed E-state index contributed by atoms with van der Waals surface area (Å²) in [6.07, 6.45) is 0.626. The maximum Gasteiger partial charge on any atom is 0.165 e. The van der Waals surface area contributed by atoms with E-state index in [1.807, 2.05) is 0 Å². The van der Waals surface area contributed by atoms with Gasteiger partial charge in [0.25, 0.3) is 0 Å². The molecule has 0 aliphatic rings. The van der Waals surface area contributed by atoms with Gasteiger partial charge < -0.3 is 4.74 Å². The van der Waals surface area contributed by atoms with Crippen LogP contribution in [0.25, 0.3) is 0 Å². The zero-order valence-corrected chi connectivity index (χ0v) is 8.57. The van der Waals surface area contributed by atoms with Gasteiger partial charge in [0.15, 0.2) is 11.6 Å². The number of methoxy groups -OCH3 is 1. The van der Waals surface area contributed by atoms with Crippen molar-refractivity contribution in [2.75, 3.05) is 13.0 Å². The van der Waals surface area contributed by atoms with Gasteiger partial charge >= 0.3 is 0 Å². The van der Waals surface area contributed by atoms with Crippen LogP contribution in [-0.2, 0) is 0 Å². The molecule has 1 rings (SSSR count). The molecule has 0 aliphatic heterocycles. The monoisotopic (exact) mass is 212 g/mol. The second kappa shape index (κ2) is 5.51. The van der Waals surface area contributed by atoms with Crippen molar-refractivity contribution < 1.29 is 9.13 Å². The fourth-order valence-electron chi connectivity index (χ4n) is 0.949. The van der Waals surface area contributed by atoms with Crippen LogP contribution < -0.4 is 4.74 Å². The van der Waals surface area contributed by atoms with Crippen LogP contribution in [0.1, 0.15) is 12.0 Å². The molecule has 0 fully saturated rings. The first-order valence-electron chi connectivity index (χ1n) is 4.16. The topological polar surface area (TPSA) is 9.23 Å². The molecule has 0 bridgehead atoms. The van der Waals surface area contributed by atoms with Crippen molar-refractivity contribution >= 4 is 11.6 Å². The highest BCUT2D eigenvalue weighted by atomic mass is 35.5. The maximum absolute atomic E-state index is 13.0. The fraction of sp³-hybridized carbons (Fsp3) is 0.273. The quantitative estimate of drug-likeness (QED) is 0.541. The first-order valence-corrected chi connectivity index (χ1v) is 4.69. The smallest absolute Gasteiger partial charge is 0.165 e. The van der Waals surface area contributed by atoms with Crippen LogP contribution in [0.4, 0.5) is 4.39 Å². The molecular formula is C11H10ClFO. The summed E-state index contributed by atoms with van der Waals surface area (Å²) in [4.78, 5) is 0. The Morgan fingerprint density at radius 2 is 2.29 bits per heavy atom. The van der Waals surface area contributed by atoms with Gasteiger partial charge in [0.2, 0.25) is 0 Å². The molecule has 74 valence electrons. The zero-order chi connectivity index (χ0) is 10.4. The third kappa shape index (κ3) is 2.93. The minimum atomic E-state index is -0.379. The summed E-state index contributed by atoms with van der Waals surface area (Å²) in [5.41, 5.74) is 0.730. The lowest BCUT2D eigenvalue weighted by molar-refractivity contribution is 0.386. The Labute approximate surface area is 87.8 Å². The van der Waals surface area contributed by atoms with Crippen LogP contribution in [0.3, 0.4) is 0 Å². The van der Waals surface area contributed by atoms with Crippen molar-refractivity contribution in [1.29, 1.82) is 0 Å². The largest absolute Gasteiger partial charge is 0.494 e. The van der Waals surface area contributed by atoms with Crippen LogP contribution >= 0.6 is 11.6 Å². The lowest BCUT2D eigenvalue weighted by Gasteiger charge is -2.00. The van der Waals surface area contributed by atoms with Crippen LogP contribution in [0.5, 0.6) is 5.75 Å². The molecule has 0 spiro atoms. The maximum atomic E-state index is 13.0. The van der Waals surface area contributed by atoms with Crippen molar-refractivity contribution in [2.24, 2.45) is 0 Å². The molecule has 14 heavy (non-hydrogen) atoms. The number of benzene rings is 1. The second-order valence-corrected chi connectivity index (χ2v) is 2.97. The number of rotatable bonds is 2. The lowest BCUT2D eigenvalue weighted by Crippen LogP contribution is -1.88. The molecule has 0 saturated carbocycles. The third-order valence-corrected chi connectivity index (χ3v) is 1.79. The number of halogens is 2. The molecule has 0 atom stereocenters. The lowest BCUT2D eigenvalue weighted by atomic mass is 10.2. The summed E-state index contributed by atoms with van der Waals surface area (Å²) in [6.45, 7) is 0. The van der Waals surface area contributed by atoms with E-state index in [-0.39, 0.29) is 11.6 Å². The van der Waals surface area contributed by atoms with E-state index < -0.39 is 0 Å². The van der Waals surface area contributed by atoms with E-state index in [1.54, 1.807) is 12.1 Å². The SMILES string of the molecule is COc1cc(C#CCCCl)ccc1F. The average Bonchev–Trinajstić information content (AvgIpc) is 2.21. The van der Waals surface area contributed by atoms with Gasteiger partial charge in [-0.2, -0.15) is 0 Å². The van der Waals surface area contributed by atoms with Crippen LogP contribution in [-0.4, -0.2) is 13.0 Å². The summed E-state index contributed by atoms with van der Waals surface area (Å²) in [5.74, 6) is 6.07. The summed E-state index contributed by atoms with van der Waals surface area (Å²) in [5, 5.41) is 0. The molecule has 0 heterocycles. The Hall–Kier alpha value is -1.20. The normalized spacial score (nSPS) is 9.07. The van der Waals surface area contributed by atoms with E-state index in [0.717, 1.165) is 5.56 Å². The highest BCUT2D eigenvalue weighted by Gasteiger charge is 2.00. The first-order chi connectivity index (χ1) is 6.77. The summed E-state index contributed by atoms with van der Waals surface area (Å²) in [6, 6.07) is 4.51. The Kier molecular flexibility index (Phi) is 4.28. The van der Waals surface area contributed by atoms with Crippen LogP contribution in [0, 0.1) is 17.7 Å². The standard InChI is InChI=1S/C11H10ClFO/c1-14-11-8-9(4-2-3-7-12)5-6-10(11)13/h5-6,8H,3,7H2,1H3. The minimum absolute atomic E-state index is 0.211. The van der Waals surface area contributed by atoms with E-state index in [1.165, 1.54) is 13.2 Å². The average molecular weight is 213 g/mol. The van der Waals surface area contributed by atoms with E-state index in [0.29, 0.717) is 12.3 Å². The van der Waals surface area contributed by atoms with Gasteiger partial charge in [-0.25, -0.2) is 4.39 Å². The van der Waals surface area contributed by atoms with Gasteiger partial charge in [-0.3, -0.25) is 0 Å². The molecular weight excluding hydrogens is 203 g/mol. The molecule has 0 saturated heterocycles. The van der Waals surface area contributed by atoms with Gasteiger partial charge in [-0.15, -0.1) is 11.6 Å². The van der Waals surface area contributed by atoms with Crippen molar-refractivity contribution in [1.82, 2.24) is 0 Å². The van der Waals surface area contributed by atoms with Gasteiger partial charge in [0, 0.05) is 17.9 Å². The highest BCUT2D eigenvalue weighted by Crippen LogP contribution is 2.17. The van der Waals surface area contributed by atoms with Crippen molar-refractivity contribution in [3.05, 3.63) is 29.6 Å². The van der Waals surface area contributed by atoms with Gasteiger partial charge in [0.1, 0.15) is 0 Å². The summed E-state index contributed by atoms with van der Waals surface area (Å²) >= 11 is 5.46. The van der Waals surface area contributed by atoms with Crippen LogP contribution in [0.2, 0.25) is 0 Å². The van der Waals surface area contributed by atoms with E-state index in [4.69, 9.17) is 16.3 Å². The summed E-state index contributed by atoms with van der Waals surface area (Å²) < 4.78 is 17.8. The zero-order valence-electron chi connectivity index (χ0n) is 7.81. The van der Waals surface area contributed by atoms with E-state index in [9.17, 15) is 4.39 Å². The molecule has 0 radical (unpaired) electrons. The molecule has 0 aliphatic carbocycles. The predicted molar refractivity (Wildman–Crippen MR) is 55.2 cm³/mol. The molecule has 1 aromatic rings. The molecule has 0 unspecified atom stereocenters. The van der Waals surface area contributed by atoms with Crippen LogP contribution in [0.15, 0.2) is 18.2 Å². The Balaban J connectivity index is 2.86. The minimum Gasteiger partial charge on any atom is -0.494 e. The van der Waals surface area contributed by atoms with Crippen molar-refractivity contribution in [2.45, 2.75) is 6.42 Å². The number of alkyl halides is 1. The van der Waals surface area contributed by atoms with Crippen molar-refractivity contribution in [3.8, 4) is 17.6 Å². The Morgan fingerprint density at radius 1 is 1.50 bits per heavy atom. The molecule has 1 aromatic carbocycles. The summed E-state index contributed by atoms with van der Waals surface area (Å²) in [7, 11) is 1.42. The second-order valence-electron chi connectivity index (χ2n) is 2.59. The molecule has 0 amide bonds. The molecule has 0 N–H and O–H groups in total. The molecule has 1 nitrogen and oxygen atoms in total. The van der Waals surface area contributed by atoms with E-state index >= 15 is 0 Å². The van der Waals surface area contributed by atoms with E-state index in [2.05, 4.69) is 11.8 Å². The highest BCUT2D eigenvalue weighted by molar-refractivity contribution is 6.18.